The van der Waals surface area contributed by atoms with Crippen molar-refractivity contribution in [1.29, 1.82) is 0 Å². The average molecular weight is 427 g/mol. The Hall–Kier alpha value is -2.54. The fourth-order valence-electron chi connectivity index (χ4n) is 4.71. The summed E-state index contributed by atoms with van der Waals surface area (Å²) in [5, 5.41) is 8.78. The molecule has 0 spiro atoms. The van der Waals surface area contributed by atoms with E-state index in [4.69, 9.17) is 9.47 Å². The van der Waals surface area contributed by atoms with Crippen LogP contribution in [0.1, 0.15) is 55.5 Å². The molecule has 0 radical (unpaired) electrons. The number of hydrogen-bond acceptors (Lipinski definition) is 4. The molecule has 0 bridgehead atoms. The number of methoxy groups -OCH3 is 1. The number of benzene rings is 1. The minimum atomic E-state index is -0.842. The van der Waals surface area contributed by atoms with E-state index in [1.807, 2.05) is 19.2 Å². The molecule has 0 N–H and O–H groups in total. The Morgan fingerprint density at radius 2 is 1.84 bits per heavy atom. The van der Waals surface area contributed by atoms with Crippen LogP contribution in [0.5, 0.6) is 5.75 Å². The highest BCUT2D eigenvalue weighted by atomic mass is 19.2. The molecule has 5 rings (SSSR count). The van der Waals surface area contributed by atoms with Gasteiger partial charge < -0.3 is 9.47 Å². The monoisotopic (exact) mass is 427 g/mol. The van der Waals surface area contributed by atoms with Gasteiger partial charge in [-0.15, -0.1) is 10.2 Å². The van der Waals surface area contributed by atoms with E-state index in [2.05, 4.69) is 14.6 Å². The zero-order valence-electron chi connectivity index (χ0n) is 17.9. The number of hydrogen-bond donors (Lipinski definition) is 0. The van der Waals surface area contributed by atoms with Gasteiger partial charge in [-0.25, -0.2) is 8.78 Å². The number of fused-ring (bicyclic) bond motifs is 1. The fourth-order valence-corrected chi connectivity index (χ4v) is 4.71. The third-order valence-corrected chi connectivity index (χ3v) is 6.88. The van der Waals surface area contributed by atoms with Crippen molar-refractivity contribution in [1.82, 2.24) is 14.6 Å². The summed E-state index contributed by atoms with van der Waals surface area (Å²) in [5.41, 5.74) is 1.90. The number of pyridine rings is 1. The van der Waals surface area contributed by atoms with Gasteiger partial charge in [0.15, 0.2) is 17.3 Å². The number of ether oxygens (including phenoxy) is 2. The second-order valence-corrected chi connectivity index (χ2v) is 8.91. The van der Waals surface area contributed by atoms with Crippen LogP contribution < -0.4 is 4.74 Å². The molecule has 0 unspecified atom stereocenters. The summed E-state index contributed by atoms with van der Waals surface area (Å²) in [7, 11) is 1.63. The van der Waals surface area contributed by atoms with Crippen LogP contribution in [-0.4, -0.2) is 27.8 Å². The molecule has 164 valence electrons. The zero-order valence-corrected chi connectivity index (χ0v) is 17.9. The molecule has 1 aromatic carbocycles. The van der Waals surface area contributed by atoms with Gasteiger partial charge >= 0.3 is 0 Å². The SMILES string of the molecule is CO[C@]1(c2ccc(F)c(F)c2)CC[C@H](Oc2ccn3c(CC4CC4)nnc3c2C)CC1. The maximum absolute atomic E-state index is 13.8. The summed E-state index contributed by atoms with van der Waals surface area (Å²) < 4.78 is 41.4. The summed E-state index contributed by atoms with van der Waals surface area (Å²) in [6.07, 6.45) is 8.45. The first kappa shape index (κ1) is 20.4. The van der Waals surface area contributed by atoms with Crippen molar-refractivity contribution < 1.29 is 18.3 Å². The Morgan fingerprint density at radius 3 is 2.52 bits per heavy atom. The first-order valence-corrected chi connectivity index (χ1v) is 11.0. The van der Waals surface area contributed by atoms with E-state index in [0.717, 1.165) is 48.0 Å². The van der Waals surface area contributed by atoms with Gasteiger partial charge in [0, 0.05) is 25.3 Å². The normalized spacial score (nSPS) is 23.9. The molecular formula is C24H27F2N3O2. The van der Waals surface area contributed by atoms with Crippen molar-refractivity contribution in [2.24, 2.45) is 5.92 Å². The summed E-state index contributed by atoms with van der Waals surface area (Å²) in [4.78, 5) is 0. The lowest BCUT2D eigenvalue weighted by Crippen LogP contribution is -2.37. The Morgan fingerprint density at radius 1 is 1.06 bits per heavy atom. The van der Waals surface area contributed by atoms with Crippen molar-refractivity contribution in [3.63, 3.8) is 0 Å². The third-order valence-electron chi connectivity index (χ3n) is 6.88. The molecule has 2 aliphatic carbocycles. The number of aryl methyl sites for hydroxylation is 1. The van der Waals surface area contributed by atoms with Crippen LogP contribution in [0.4, 0.5) is 8.78 Å². The number of aromatic nitrogens is 3. The van der Waals surface area contributed by atoms with E-state index in [9.17, 15) is 8.78 Å². The van der Waals surface area contributed by atoms with Crippen LogP contribution in [0.25, 0.3) is 5.65 Å². The average Bonchev–Trinajstić information content (AvgIpc) is 3.51. The van der Waals surface area contributed by atoms with Gasteiger partial charge in [-0.05, 0) is 75.1 Å². The van der Waals surface area contributed by atoms with E-state index < -0.39 is 17.2 Å². The zero-order chi connectivity index (χ0) is 21.6. The molecule has 2 heterocycles. The second-order valence-electron chi connectivity index (χ2n) is 8.91. The molecule has 0 amide bonds. The molecule has 7 heteroatoms. The molecule has 2 fully saturated rings. The van der Waals surface area contributed by atoms with Gasteiger partial charge in [-0.3, -0.25) is 4.40 Å². The van der Waals surface area contributed by atoms with E-state index in [0.29, 0.717) is 18.4 Å². The minimum absolute atomic E-state index is 0.0311. The van der Waals surface area contributed by atoms with E-state index >= 15 is 0 Å². The minimum Gasteiger partial charge on any atom is -0.490 e. The Balaban J connectivity index is 1.30. The third kappa shape index (κ3) is 3.80. The van der Waals surface area contributed by atoms with Crippen LogP contribution in [0.3, 0.4) is 0 Å². The Kier molecular flexibility index (Phi) is 5.16. The van der Waals surface area contributed by atoms with E-state index in [1.165, 1.54) is 25.0 Å². The predicted octanol–water partition coefficient (Wildman–Crippen LogP) is 5.13. The lowest BCUT2D eigenvalue weighted by molar-refractivity contribution is -0.0652. The predicted molar refractivity (Wildman–Crippen MR) is 112 cm³/mol. The van der Waals surface area contributed by atoms with E-state index in [-0.39, 0.29) is 6.10 Å². The first-order valence-electron chi connectivity index (χ1n) is 11.0. The first-order chi connectivity index (χ1) is 15.0. The maximum Gasteiger partial charge on any atom is 0.167 e. The van der Waals surface area contributed by atoms with Crippen LogP contribution in [0, 0.1) is 24.5 Å². The fraction of sp³-hybridized carbons (Fsp3) is 0.500. The Labute approximate surface area is 180 Å². The molecule has 31 heavy (non-hydrogen) atoms. The molecule has 2 aromatic heterocycles. The van der Waals surface area contributed by atoms with Gasteiger partial charge in [0.25, 0.3) is 0 Å². The molecule has 0 saturated heterocycles. The molecule has 3 aromatic rings. The second kappa shape index (κ2) is 7.86. The number of nitrogens with zero attached hydrogens (tertiary/aromatic N) is 3. The summed E-state index contributed by atoms with van der Waals surface area (Å²) >= 11 is 0. The highest BCUT2D eigenvalue weighted by Crippen LogP contribution is 2.42. The number of halogens is 2. The van der Waals surface area contributed by atoms with Crippen LogP contribution >= 0.6 is 0 Å². The lowest BCUT2D eigenvalue weighted by Gasteiger charge is -2.39. The summed E-state index contributed by atoms with van der Waals surface area (Å²) in [6, 6.07) is 6.03. The van der Waals surface area contributed by atoms with Gasteiger partial charge in [-0.2, -0.15) is 0 Å². The summed E-state index contributed by atoms with van der Waals surface area (Å²) in [6.45, 7) is 2.02. The topological polar surface area (TPSA) is 48.7 Å². The molecular weight excluding hydrogens is 400 g/mol. The van der Waals surface area contributed by atoms with Gasteiger partial charge in [0.1, 0.15) is 11.6 Å². The molecule has 5 nitrogen and oxygen atoms in total. The molecule has 2 aliphatic rings. The van der Waals surface area contributed by atoms with Crippen LogP contribution in [-0.2, 0) is 16.8 Å². The molecule has 2 saturated carbocycles. The Bertz CT molecular complexity index is 1100. The summed E-state index contributed by atoms with van der Waals surface area (Å²) in [5.74, 6) is 0.903. The van der Waals surface area contributed by atoms with Crippen molar-refractivity contribution in [3.05, 3.63) is 59.0 Å². The largest absolute Gasteiger partial charge is 0.490 e. The number of rotatable bonds is 6. The van der Waals surface area contributed by atoms with Gasteiger partial charge in [0.2, 0.25) is 0 Å². The highest BCUT2D eigenvalue weighted by Gasteiger charge is 2.38. The molecule has 0 atom stereocenters. The van der Waals surface area contributed by atoms with Crippen LogP contribution in [0.15, 0.2) is 30.5 Å². The highest BCUT2D eigenvalue weighted by molar-refractivity contribution is 5.54. The van der Waals surface area contributed by atoms with Crippen molar-refractivity contribution in [2.75, 3.05) is 7.11 Å². The maximum atomic E-state index is 13.8. The standard InChI is InChI=1S/C24H27F2N3O2/c1-15-21(9-12-29-22(13-16-3-4-16)27-28-23(15)29)31-18-7-10-24(30-2,11-8-18)17-5-6-19(25)20(26)14-17/h5-6,9,12,14,16,18H,3-4,7-8,10-11,13H2,1-2H3/t18-,24+. The van der Waals surface area contributed by atoms with Crippen molar-refractivity contribution >= 4 is 5.65 Å². The van der Waals surface area contributed by atoms with Gasteiger partial charge in [0.05, 0.1) is 11.7 Å². The smallest absolute Gasteiger partial charge is 0.167 e. The van der Waals surface area contributed by atoms with Crippen molar-refractivity contribution in [3.8, 4) is 5.75 Å². The molecule has 0 aliphatic heterocycles. The lowest BCUT2D eigenvalue weighted by atomic mass is 9.78. The quantitative estimate of drug-likeness (QED) is 0.547. The van der Waals surface area contributed by atoms with E-state index in [1.54, 1.807) is 13.2 Å². The van der Waals surface area contributed by atoms with Gasteiger partial charge in [-0.1, -0.05) is 6.07 Å². The van der Waals surface area contributed by atoms with Crippen LogP contribution in [0.2, 0.25) is 0 Å². The van der Waals surface area contributed by atoms with Crippen molar-refractivity contribution in [2.45, 2.75) is 63.6 Å².